The third-order valence-electron chi connectivity index (χ3n) is 4.38. The van der Waals surface area contributed by atoms with Crippen molar-refractivity contribution in [2.45, 2.75) is 38.6 Å². The van der Waals surface area contributed by atoms with Crippen LogP contribution in [-0.4, -0.2) is 26.8 Å². The van der Waals surface area contributed by atoms with E-state index in [0.717, 1.165) is 12.8 Å². The van der Waals surface area contributed by atoms with Crippen LogP contribution < -0.4 is 21.6 Å². The van der Waals surface area contributed by atoms with Crippen molar-refractivity contribution in [3.8, 4) is 5.69 Å². The van der Waals surface area contributed by atoms with E-state index in [-0.39, 0.29) is 5.69 Å². The zero-order valence-corrected chi connectivity index (χ0v) is 16.4. The van der Waals surface area contributed by atoms with Crippen molar-refractivity contribution in [3.05, 3.63) is 57.0 Å². The maximum atomic E-state index is 12.4. The number of halogens is 1. The predicted molar refractivity (Wildman–Crippen MR) is 108 cm³/mol. The first-order valence-electron chi connectivity index (χ1n) is 8.68. The Morgan fingerprint density at radius 3 is 2.67 bits per heavy atom. The van der Waals surface area contributed by atoms with Crippen LogP contribution in [-0.2, 0) is 0 Å². The van der Waals surface area contributed by atoms with E-state index in [2.05, 4.69) is 21.3 Å². The lowest BCUT2D eigenvalue weighted by atomic mass is 10.2. The highest BCUT2D eigenvalue weighted by Crippen LogP contribution is 2.19. The molecular formula is C18H20ClN5O2S. The number of thiocarbonyl (C=S) groups is 1. The molecule has 0 spiro atoms. The first-order chi connectivity index (χ1) is 13.0. The van der Waals surface area contributed by atoms with Crippen LogP contribution in [0, 0.1) is 6.92 Å². The minimum absolute atomic E-state index is 0.253. The zero-order valence-electron chi connectivity index (χ0n) is 14.8. The van der Waals surface area contributed by atoms with E-state index in [0.29, 0.717) is 27.6 Å². The minimum Gasteiger partial charge on any atom is -0.359 e. The number of carbonyl (C=O) groups is 1. The summed E-state index contributed by atoms with van der Waals surface area (Å²) in [6.45, 7) is 1.72. The molecular weight excluding hydrogens is 386 g/mol. The lowest BCUT2D eigenvalue weighted by Gasteiger charge is -2.16. The Kier molecular flexibility index (Phi) is 6.08. The molecule has 0 aliphatic heterocycles. The number of para-hydroxylation sites is 1. The molecule has 1 fully saturated rings. The Bertz CT molecular complexity index is 924. The van der Waals surface area contributed by atoms with Crippen LogP contribution in [0.1, 0.15) is 41.9 Å². The summed E-state index contributed by atoms with van der Waals surface area (Å²) in [6.07, 6.45) is 4.44. The van der Waals surface area contributed by atoms with Gasteiger partial charge >= 0.3 is 0 Å². The number of rotatable bonds is 3. The monoisotopic (exact) mass is 405 g/mol. The molecule has 1 aliphatic carbocycles. The van der Waals surface area contributed by atoms with Gasteiger partial charge in [-0.3, -0.25) is 20.4 Å². The van der Waals surface area contributed by atoms with Gasteiger partial charge in [-0.2, -0.15) is 5.10 Å². The minimum atomic E-state index is -0.670. The van der Waals surface area contributed by atoms with Crippen molar-refractivity contribution in [2.75, 3.05) is 0 Å². The van der Waals surface area contributed by atoms with E-state index in [9.17, 15) is 9.59 Å². The van der Waals surface area contributed by atoms with Gasteiger partial charge in [0.2, 0.25) is 5.43 Å². The molecule has 1 aromatic carbocycles. The highest BCUT2D eigenvalue weighted by atomic mass is 35.5. The van der Waals surface area contributed by atoms with E-state index < -0.39 is 11.3 Å². The van der Waals surface area contributed by atoms with Crippen molar-refractivity contribution in [1.29, 1.82) is 0 Å². The number of carbonyl (C=O) groups excluding carboxylic acids is 1. The van der Waals surface area contributed by atoms with Crippen molar-refractivity contribution < 1.29 is 4.79 Å². The molecule has 0 atom stereocenters. The van der Waals surface area contributed by atoms with Crippen LogP contribution in [0.5, 0.6) is 0 Å². The first kappa shape index (κ1) is 19.3. The van der Waals surface area contributed by atoms with Gasteiger partial charge in [0.25, 0.3) is 5.91 Å². The number of aryl methyl sites for hydroxylation is 1. The smallest absolute Gasteiger partial charge is 0.294 e. The molecule has 1 amide bonds. The average Bonchev–Trinajstić information content (AvgIpc) is 3.13. The van der Waals surface area contributed by atoms with E-state index in [4.69, 9.17) is 23.8 Å². The third-order valence-corrected chi connectivity index (χ3v) is 4.92. The highest BCUT2D eigenvalue weighted by molar-refractivity contribution is 7.80. The van der Waals surface area contributed by atoms with Gasteiger partial charge in [0, 0.05) is 17.8 Å². The Labute approximate surface area is 167 Å². The normalized spacial score (nSPS) is 14.0. The Morgan fingerprint density at radius 1 is 1.26 bits per heavy atom. The molecule has 0 bridgehead atoms. The van der Waals surface area contributed by atoms with Gasteiger partial charge < -0.3 is 5.32 Å². The lowest BCUT2D eigenvalue weighted by Crippen LogP contribution is -2.50. The maximum Gasteiger partial charge on any atom is 0.294 e. The first-order valence-corrected chi connectivity index (χ1v) is 9.47. The molecule has 27 heavy (non-hydrogen) atoms. The van der Waals surface area contributed by atoms with Crippen LogP contribution in [0.15, 0.2) is 35.1 Å². The van der Waals surface area contributed by atoms with Gasteiger partial charge in [-0.1, -0.05) is 36.6 Å². The van der Waals surface area contributed by atoms with Gasteiger partial charge in [-0.05, 0) is 44.1 Å². The standard InChI is InChI=1S/C18H20ClN5O2S/c1-11-10-15(25)16(23-24(11)14-9-5-4-8-13(14)19)17(26)21-22-18(27)20-12-6-2-3-7-12/h4-5,8-10,12H,2-3,6-7H2,1H3,(H,21,26)(H2,20,22,27). The predicted octanol–water partition coefficient (Wildman–Crippen LogP) is 2.25. The third kappa shape index (κ3) is 4.64. The molecule has 142 valence electrons. The van der Waals surface area contributed by atoms with Crippen molar-refractivity contribution >= 4 is 34.8 Å². The average molecular weight is 406 g/mol. The number of amides is 1. The Hall–Kier alpha value is -2.45. The number of nitrogens with one attached hydrogen (secondary N) is 3. The number of hydrazine groups is 1. The second-order valence-electron chi connectivity index (χ2n) is 6.40. The quantitative estimate of drug-likeness (QED) is 0.536. The number of hydrogen-bond donors (Lipinski definition) is 3. The lowest BCUT2D eigenvalue weighted by molar-refractivity contribution is 0.0935. The van der Waals surface area contributed by atoms with E-state index in [1.54, 1.807) is 31.2 Å². The van der Waals surface area contributed by atoms with Crippen LogP contribution in [0.4, 0.5) is 0 Å². The van der Waals surface area contributed by atoms with Crippen LogP contribution >= 0.6 is 23.8 Å². The molecule has 7 nitrogen and oxygen atoms in total. The molecule has 3 rings (SSSR count). The fourth-order valence-electron chi connectivity index (χ4n) is 3.04. The molecule has 0 radical (unpaired) electrons. The number of aromatic nitrogens is 2. The largest absolute Gasteiger partial charge is 0.359 e. The van der Waals surface area contributed by atoms with Crippen molar-refractivity contribution in [3.63, 3.8) is 0 Å². The second-order valence-corrected chi connectivity index (χ2v) is 7.21. The second kappa shape index (κ2) is 8.49. The van der Waals surface area contributed by atoms with Gasteiger partial charge in [-0.15, -0.1) is 0 Å². The summed E-state index contributed by atoms with van der Waals surface area (Å²) in [7, 11) is 0. The topological polar surface area (TPSA) is 88.1 Å². The fraction of sp³-hybridized carbons (Fsp3) is 0.333. The summed E-state index contributed by atoms with van der Waals surface area (Å²) in [5.74, 6) is -0.670. The summed E-state index contributed by atoms with van der Waals surface area (Å²) in [5, 5.41) is 8.10. The van der Waals surface area contributed by atoms with Gasteiger partial charge in [0.05, 0.1) is 10.7 Å². The molecule has 1 aliphatic rings. The van der Waals surface area contributed by atoms with Crippen molar-refractivity contribution in [1.82, 2.24) is 25.9 Å². The van der Waals surface area contributed by atoms with Gasteiger partial charge in [0.15, 0.2) is 10.8 Å². The summed E-state index contributed by atoms with van der Waals surface area (Å²) in [4.78, 5) is 24.6. The molecule has 1 saturated carbocycles. The Morgan fingerprint density at radius 2 is 1.96 bits per heavy atom. The molecule has 9 heteroatoms. The molecule has 0 unspecified atom stereocenters. The Balaban J connectivity index is 1.74. The molecule has 1 aromatic heterocycles. The van der Waals surface area contributed by atoms with Gasteiger partial charge in [0.1, 0.15) is 0 Å². The fourth-order valence-corrected chi connectivity index (χ4v) is 3.47. The number of nitrogens with zero attached hydrogens (tertiary/aromatic N) is 2. The molecule has 0 saturated heterocycles. The molecule has 3 N–H and O–H groups in total. The maximum absolute atomic E-state index is 12.4. The van der Waals surface area contributed by atoms with Crippen LogP contribution in [0.3, 0.4) is 0 Å². The molecule has 1 heterocycles. The highest BCUT2D eigenvalue weighted by Gasteiger charge is 2.18. The van der Waals surface area contributed by atoms with E-state index in [1.807, 2.05) is 0 Å². The summed E-state index contributed by atoms with van der Waals surface area (Å²) in [6, 6.07) is 8.73. The van der Waals surface area contributed by atoms with Crippen molar-refractivity contribution in [2.24, 2.45) is 0 Å². The summed E-state index contributed by atoms with van der Waals surface area (Å²) in [5.41, 5.74) is 5.46. The van der Waals surface area contributed by atoms with E-state index >= 15 is 0 Å². The van der Waals surface area contributed by atoms with E-state index in [1.165, 1.54) is 23.6 Å². The van der Waals surface area contributed by atoms with Crippen LogP contribution in [0.25, 0.3) is 5.69 Å². The zero-order chi connectivity index (χ0) is 19.4. The number of benzene rings is 1. The van der Waals surface area contributed by atoms with Gasteiger partial charge in [-0.25, -0.2) is 4.68 Å². The SMILES string of the molecule is Cc1cc(=O)c(C(=O)NNC(=S)NC2CCCC2)nn1-c1ccccc1Cl. The van der Waals surface area contributed by atoms with Crippen LogP contribution in [0.2, 0.25) is 5.02 Å². The summed E-state index contributed by atoms with van der Waals surface area (Å²) >= 11 is 11.4. The summed E-state index contributed by atoms with van der Waals surface area (Å²) < 4.78 is 1.47. The number of hydrogen-bond acceptors (Lipinski definition) is 4. The molecule has 2 aromatic rings.